The van der Waals surface area contributed by atoms with Gasteiger partial charge in [0, 0.05) is 7.11 Å². The molecule has 0 amide bonds. The third-order valence-electron chi connectivity index (χ3n) is 2.77. The van der Waals surface area contributed by atoms with Crippen LogP contribution in [-0.4, -0.2) is 102 Å². The van der Waals surface area contributed by atoms with Crippen molar-refractivity contribution in [3.05, 3.63) is 0 Å². The molecule has 8 nitrogen and oxygen atoms in total. The summed E-state index contributed by atoms with van der Waals surface area (Å²) in [7, 11) is 1.59. The fraction of sp³-hybridized carbons (Fsp3) is 1.00. The van der Waals surface area contributed by atoms with Crippen molar-refractivity contribution in [1.82, 2.24) is 0 Å². The van der Waals surface area contributed by atoms with E-state index < -0.39 is 5.41 Å². The molecule has 0 aromatic carbocycles. The highest BCUT2D eigenvalue weighted by atomic mass is 16.5. The van der Waals surface area contributed by atoms with Crippen LogP contribution in [0.1, 0.15) is 0 Å². The molecule has 22 heavy (non-hydrogen) atoms. The Balaban J connectivity index is 4.53. The van der Waals surface area contributed by atoms with Crippen molar-refractivity contribution in [3.8, 4) is 0 Å². The lowest BCUT2D eigenvalue weighted by Gasteiger charge is -2.32. The van der Waals surface area contributed by atoms with Crippen LogP contribution in [0.5, 0.6) is 0 Å². The highest BCUT2D eigenvalue weighted by molar-refractivity contribution is 4.79. The Morgan fingerprint density at radius 2 is 0.955 bits per heavy atom. The number of methoxy groups -OCH3 is 1. The standard InChI is InChI=1S/C14H30O8/c1-18-8-9-22-13-14(10-19-5-2-15,11-20-6-3-16)12-21-7-4-17/h15-17H,2-13H2,1H3. The first kappa shape index (κ1) is 21.7. The number of ether oxygens (including phenoxy) is 5. The van der Waals surface area contributed by atoms with Crippen LogP contribution in [0.25, 0.3) is 0 Å². The number of aliphatic hydroxyl groups is 3. The van der Waals surface area contributed by atoms with E-state index in [-0.39, 0.29) is 59.5 Å². The molecule has 134 valence electrons. The van der Waals surface area contributed by atoms with E-state index in [2.05, 4.69) is 0 Å². The van der Waals surface area contributed by atoms with Gasteiger partial charge in [-0.2, -0.15) is 0 Å². The average molecular weight is 326 g/mol. The summed E-state index contributed by atoms with van der Waals surface area (Å²) in [4.78, 5) is 0. The first-order chi connectivity index (χ1) is 10.7. The third kappa shape index (κ3) is 11.3. The zero-order valence-corrected chi connectivity index (χ0v) is 13.4. The van der Waals surface area contributed by atoms with Gasteiger partial charge in [0.05, 0.1) is 84.7 Å². The second-order valence-corrected chi connectivity index (χ2v) is 4.87. The van der Waals surface area contributed by atoms with Crippen LogP contribution in [0.4, 0.5) is 0 Å². The summed E-state index contributed by atoms with van der Waals surface area (Å²) < 4.78 is 26.8. The Morgan fingerprint density at radius 3 is 1.27 bits per heavy atom. The molecule has 0 bridgehead atoms. The molecule has 0 fully saturated rings. The number of hydrogen-bond acceptors (Lipinski definition) is 8. The zero-order chi connectivity index (χ0) is 16.5. The lowest BCUT2D eigenvalue weighted by atomic mass is 9.92. The summed E-state index contributed by atoms with van der Waals surface area (Å²) in [6.07, 6.45) is 0. The molecular formula is C14H30O8. The molecule has 3 N–H and O–H groups in total. The molecule has 0 aliphatic carbocycles. The van der Waals surface area contributed by atoms with E-state index in [9.17, 15) is 0 Å². The minimum atomic E-state index is -0.576. The highest BCUT2D eigenvalue weighted by Gasteiger charge is 2.32. The van der Waals surface area contributed by atoms with Crippen molar-refractivity contribution in [2.75, 3.05) is 86.4 Å². The molecule has 0 heterocycles. The fourth-order valence-electron chi connectivity index (χ4n) is 1.74. The second kappa shape index (κ2) is 15.6. The topological polar surface area (TPSA) is 107 Å². The van der Waals surface area contributed by atoms with Crippen LogP contribution in [0, 0.1) is 5.41 Å². The van der Waals surface area contributed by atoms with E-state index in [0.717, 1.165) is 0 Å². The molecule has 0 saturated heterocycles. The summed E-state index contributed by atoms with van der Waals surface area (Å²) in [6, 6.07) is 0. The van der Waals surface area contributed by atoms with Crippen LogP contribution < -0.4 is 0 Å². The molecule has 0 rings (SSSR count). The van der Waals surface area contributed by atoms with Crippen molar-refractivity contribution >= 4 is 0 Å². The van der Waals surface area contributed by atoms with Gasteiger partial charge in [-0.1, -0.05) is 0 Å². The van der Waals surface area contributed by atoms with Gasteiger partial charge in [-0.25, -0.2) is 0 Å². The Hall–Kier alpha value is -0.320. The predicted molar refractivity (Wildman–Crippen MR) is 78.8 cm³/mol. The molecule has 8 heteroatoms. The van der Waals surface area contributed by atoms with Gasteiger partial charge in [-0.05, 0) is 0 Å². The van der Waals surface area contributed by atoms with Gasteiger partial charge >= 0.3 is 0 Å². The van der Waals surface area contributed by atoms with Crippen LogP contribution >= 0.6 is 0 Å². The molecule has 0 aliphatic heterocycles. The van der Waals surface area contributed by atoms with E-state index in [1.807, 2.05) is 0 Å². The maximum Gasteiger partial charge on any atom is 0.0700 e. The zero-order valence-electron chi connectivity index (χ0n) is 13.4. The van der Waals surface area contributed by atoms with E-state index in [4.69, 9.17) is 39.0 Å². The average Bonchev–Trinajstić information content (AvgIpc) is 2.52. The van der Waals surface area contributed by atoms with Crippen molar-refractivity contribution in [2.45, 2.75) is 0 Å². The minimum absolute atomic E-state index is 0.0738. The van der Waals surface area contributed by atoms with E-state index in [1.54, 1.807) is 7.11 Å². The summed E-state index contributed by atoms with van der Waals surface area (Å²) in [6.45, 7) is 2.45. The monoisotopic (exact) mass is 326 g/mol. The normalized spacial score (nSPS) is 12.0. The van der Waals surface area contributed by atoms with Crippen LogP contribution in [0.3, 0.4) is 0 Å². The van der Waals surface area contributed by atoms with Gasteiger partial charge in [0.2, 0.25) is 0 Å². The number of hydrogen-bond donors (Lipinski definition) is 3. The van der Waals surface area contributed by atoms with Crippen LogP contribution in [0.15, 0.2) is 0 Å². The molecular weight excluding hydrogens is 296 g/mol. The smallest absolute Gasteiger partial charge is 0.0700 e. The third-order valence-corrected chi connectivity index (χ3v) is 2.77. The Labute approximate surface area is 131 Å². The summed E-state index contributed by atoms with van der Waals surface area (Å²) in [5, 5.41) is 26.5. The van der Waals surface area contributed by atoms with Gasteiger partial charge in [0.1, 0.15) is 0 Å². The van der Waals surface area contributed by atoms with Crippen molar-refractivity contribution in [2.24, 2.45) is 5.41 Å². The Bertz CT molecular complexity index is 200. The van der Waals surface area contributed by atoms with Crippen molar-refractivity contribution in [1.29, 1.82) is 0 Å². The molecule has 0 saturated carbocycles. The fourth-order valence-corrected chi connectivity index (χ4v) is 1.74. The lowest BCUT2D eigenvalue weighted by molar-refractivity contribution is -0.116. The molecule has 0 atom stereocenters. The van der Waals surface area contributed by atoms with Crippen LogP contribution in [-0.2, 0) is 23.7 Å². The lowest BCUT2D eigenvalue weighted by Crippen LogP contribution is -2.42. The van der Waals surface area contributed by atoms with Gasteiger partial charge in [0.25, 0.3) is 0 Å². The molecule has 0 radical (unpaired) electrons. The predicted octanol–water partition coefficient (Wildman–Crippen LogP) is -1.34. The summed E-state index contributed by atoms with van der Waals surface area (Å²) in [5.41, 5.74) is -0.576. The van der Waals surface area contributed by atoms with Crippen molar-refractivity contribution in [3.63, 3.8) is 0 Å². The molecule has 0 aromatic rings. The Kier molecular flexibility index (Phi) is 15.3. The summed E-state index contributed by atoms with van der Waals surface area (Å²) >= 11 is 0. The second-order valence-electron chi connectivity index (χ2n) is 4.87. The van der Waals surface area contributed by atoms with E-state index in [1.165, 1.54) is 0 Å². The molecule has 0 spiro atoms. The SMILES string of the molecule is COCCOCC(COCCO)(COCCO)COCCO. The van der Waals surface area contributed by atoms with E-state index >= 15 is 0 Å². The van der Waals surface area contributed by atoms with Gasteiger partial charge < -0.3 is 39.0 Å². The molecule has 0 aromatic heterocycles. The molecule has 0 aliphatic rings. The van der Waals surface area contributed by atoms with Gasteiger partial charge in [-0.3, -0.25) is 0 Å². The van der Waals surface area contributed by atoms with Gasteiger partial charge in [0.15, 0.2) is 0 Å². The highest BCUT2D eigenvalue weighted by Crippen LogP contribution is 2.20. The van der Waals surface area contributed by atoms with Crippen molar-refractivity contribution < 1.29 is 39.0 Å². The maximum atomic E-state index is 8.84. The first-order valence-electron chi connectivity index (χ1n) is 7.37. The minimum Gasteiger partial charge on any atom is -0.394 e. The quantitative estimate of drug-likeness (QED) is 0.282. The maximum absolute atomic E-state index is 8.84. The number of rotatable bonds is 17. The number of aliphatic hydroxyl groups excluding tert-OH is 3. The summed E-state index contributed by atoms with van der Waals surface area (Å²) in [5.74, 6) is 0. The van der Waals surface area contributed by atoms with E-state index in [0.29, 0.717) is 19.8 Å². The Morgan fingerprint density at radius 1 is 0.591 bits per heavy atom. The van der Waals surface area contributed by atoms with Gasteiger partial charge in [-0.15, -0.1) is 0 Å². The van der Waals surface area contributed by atoms with Crippen LogP contribution in [0.2, 0.25) is 0 Å². The first-order valence-corrected chi connectivity index (χ1v) is 7.37. The largest absolute Gasteiger partial charge is 0.394 e. The molecule has 0 unspecified atom stereocenters.